The van der Waals surface area contributed by atoms with E-state index >= 15 is 0 Å². The highest BCUT2D eigenvalue weighted by atomic mass is 32.2. The van der Waals surface area contributed by atoms with Crippen molar-refractivity contribution >= 4 is 51.2 Å². The summed E-state index contributed by atoms with van der Waals surface area (Å²) in [5.74, 6) is 0.475. The van der Waals surface area contributed by atoms with E-state index in [-0.39, 0.29) is 11.4 Å². The zero-order valence-electron chi connectivity index (χ0n) is 23.6. The molecule has 0 saturated carbocycles. The van der Waals surface area contributed by atoms with Gasteiger partial charge in [0.25, 0.3) is 5.91 Å². The molecule has 2 aliphatic rings. The minimum atomic E-state index is 0.0154. The van der Waals surface area contributed by atoms with Crippen LogP contribution >= 0.6 is 11.8 Å². The van der Waals surface area contributed by atoms with Crippen LogP contribution in [0.4, 0.5) is 11.4 Å². The molecular weight excluding hydrogens is 512 g/mol. The van der Waals surface area contributed by atoms with Crippen molar-refractivity contribution in [2.75, 3.05) is 18.0 Å². The number of carbonyl (C=O) groups excluding carboxylic acids is 1. The molecule has 5 nitrogen and oxygen atoms in total. The Kier molecular flexibility index (Phi) is 7.05. The van der Waals surface area contributed by atoms with Crippen LogP contribution in [0.25, 0.3) is 17.0 Å². The van der Waals surface area contributed by atoms with E-state index in [4.69, 9.17) is 4.99 Å². The second-order valence-electron chi connectivity index (χ2n) is 11.4. The maximum Gasteiger partial charge on any atom is 0.266 e. The van der Waals surface area contributed by atoms with Crippen LogP contribution in [0.5, 0.6) is 0 Å². The van der Waals surface area contributed by atoms with Gasteiger partial charge in [-0.25, -0.2) is 4.99 Å². The molecule has 40 heavy (non-hydrogen) atoms. The Morgan fingerprint density at radius 2 is 1.85 bits per heavy atom. The third-order valence-corrected chi connectivity index (χ3v) is 9.18. The summed E-state index contributed by atoms with van der Waals surface area (Å²) in [6, 6.07) is 24.9. The van der Waals surface area contributed by atoms with Crippen LogP contribution in [0.3, 0.4) is 0 Å². The standard InChI is InChI=1S/C34H36N4OS/c1-5-38-30-16-15-24(19-28(30)23(2)21-34(38,3)4)20-31-32(39)37(33(40-31)36-26-11-7-6-8-12-26)18-17-25-22-35-29-14-10-9-13-27(25)29/h6-16,19-20,22-23,35H,5,17-18,21H2,1-4H3/b31-20+,36-33?. The van der Waals surface area contributed by atoms with Crippen LogP contribution in [0.1, 0.15) is 56.7 Å². The van der Waals surface area contributed by atoms with Crippen LogP contribution in [-0.2, 0) is 11.2 Å². The summed E-state index contributed by atoms with van der Waals surface area (Å²) in [6.07, 6.45) is 5.95. The number of carbonyl (C=O) groups is 1. The fourth-order valence-corrected chi connectivity index (χ4v) is 7.35. The first-order valence-electron chi connectivity index (χ1n) is 14.2. The fourth-order valence-electron chi connectivity index (χ4n) is 6.32. The zero-order chi connectivity index (χ0) is 27.9. The van der Waals surface area contributed by atoms with Crippen LogP contribution in [0, 0.1) is 0 Å². The third-order valence-electron chi connectivity index (χ3n) is 8.17. The van der Waals surface area contributed by atoms with Gasteiger partial charge in [0.05, 0.1) is 10.6 Å². The monoisotopic (exact) mass is 548 g/mol. The van der Waals surface area contributed by atoms with E-state index in [9.17, 15) is 4.79 Å². The van der Waals surface area contributed by atoms with E-state index in [1.54, 1.807) is 0 Å². The molecule has 6 rings (SSSR count). The van der Waals surface area contributed by atoms with Gasteiger partial charge in [0, 0.05) is 41.4 Å². The first-order valence-corrected chi connectivity index (χ1v) is 15.0. The van der Waals surface area contributed by atoms with E-state index < -0.39 is 0 Å². The molecule has 6 heteroatoms. The largest absolute Gasteiger partial charge is 0.366 e. The number of hydrogen-bond donors (Lipinski definition) is 1. The number of aliphatic imine (C=N–C) groups is 1. The molecule has 1 amide bonds. The number of rotatable bonds is 6. The second kappa shape index (κ2) is 10.7. The molecule has 1 saturated heterocycles. The Morgan fingerprint density at radius 1 is 1.07 bits per heavy atom. The first kappa shape index (κ1) is 26.5. The van der Waals surface area contributed by atoms with Gasteiger partial charge in [-0.1, -0.05) is 49.4 Å². The van der Waals surface area contributed by atoms with Crippen LogP contribution in [0.2, 0.25) is 0 Å². The molecule has 1 fully saturated rings. The second-order valence-corrected chi connectivity index (χ2v) is 12.4. The quantitative estimate of drug-likeness (QED) is 0.248. The number of hydrogen-bond acceptors (Lipinski definition) is 4. The maximum atomic E-state index is 13.8. The Hall–Kier alpha value is -3.77. The minimum absolute atomic E-state index is 0.0154. The molecule has 204 valence electrons. The zero-order valence-corrected chi connectivity index (χ0v) is 24.5. The number of anilines is 1. The molecule has 1 unspecified atom stereocenters. The number of fused-ring (bicyclic) bond motifs is 2. The van der Waals surface area contributed by atoms with Crippen LogP contribution in [0.15, 0.2) is 88.9 Å². The predicted octanol–water partition coefficient (Wildman–Crippen LogP) is 8.13. The summed E-state index contributed by atoms with van der Waals surface area (Å²) in [5.41, 5.74) is 7.04. The van der Waals surface area contributed by atoms with Gasteiger partial charge in [0.2, 0.25) is 0 Å². The van der Waals surface area contributed by atoms with Gasteiger partial charge in [-0.05, 0) is 104 Å². The maximum absolute atomic E-state index is 13.8. The van der Waals surface area contributed by atoms with Crippen molar-refractivity contribution in [1.29, 1.82) is 0 Å². The van der Waals surface area contributed by atoms with Crippen molar-refractivity contribution in [1.82, 2.24) is 9.88 Å². The first-order chi connectivity index (χ1) is 19.3. The van der Waals surface area contributed by atoms with Crippen molar-refractivity contribution in [3.05, 3.63) is 101 Å². The van der Waals surface area contributed by atoms with Gasteiger partial charge in [-0.15, -0.1) is 0 Å². The summed E-state index contributed by atoms with van der Waals surface area (Å²) >= 11 is 1.47. The number of nitrogens with zero attached hydrogens (tertiary/aromatic N) is 3. The smallest absolute Gasteiger partial charge is 0.266 e. The van der Waals surface area contributed by atoms with E-state index in [0.717, 1.165) is 41.3 Å². The molecule has 0 bridgehead atoms. The molecule has 0 spiro atoms. The van der Waals surface area contributed by atoms with Gasteiger partial charge < -0.3 is 9.88 Å². The number of thioether (sulfide) groups is 1. The van der Waals surface area contributed by atoms with E-state index in [2.05, 4.69) is 80.2 Å². The number of nitrogens with one attached hydrogen (secondary N) is 1. The summed E-state index contributed by atoms with van der Waals surface area (Å²) in [6.45, 7) is 10.8. The van der Waals surface area contributed by atoms with Gasteiger partial charge in [-0.3, -0.25) is 9.69 Å². The average Bonchev–Trinajstić information content (AvgIpc) is 3.48. The number of H-pyrrole nitrogens is 1. The Labute approximate surface area is 241 Å². The van der Waals surface area contributed by atoms with Gasteiger partial charge in [0.1, 0.15) is 0 Å². The Morgan fingerprint density at radius 3 is 2.65 bits per heavy atom. The lowest BCUT2D eigenvalue weighted by atomic mass is 9.79. The normalized spacial score (nSPS) is 20.6. The lowest BCUT2D eigenvalue weighted by Gasteiger charge is -2.47. The number of amidine groups is 1. The van der Waals surface area contributed by atoms with Crippen LogP contribution < -0.4 is 4.90 Å². The molecule has 0 aliphatic carbocycles. The van der Waals surface area contributed by atoms with E-state index in [0.29, 0.717) is 17.4 Å². The lowest BCUT2D eigenvalue weighted by molar-refractivity contribution is -0.122. The highest BCUT2D eigenvalue weighted by Crippen LogP contribution is 2.44. The number of aromatic amines is 1. The summed E-state index contributed by atoms with van der Waals surface area (Å²) < 4.78 is 0. The minimum Gasteiger partial charge on any atom is -0.366 e. The van der Waals surface area contributed by atoms with Crippen molar-refractivity contribution < 1.29 is 4.79 Å². The van der Waals surface area contributed by atoms with Crippen LogP contribution in [-0.4, -0.2) is 39.6 Å². The molecule has 4 aromatic rings. The number of amides is 1. The van der Waals surface area contributed by atoms with Crippen molar-refractivity contribution in [3.63, 3.8) is 0 Å². The highest BCUT2D eigenvalue weighted by Gasteiger charge is 2.36. The summed E-state index contributed by atoms with van der Waals surface area (Å²) in [4.78, 5) is 27.1. The molecule has 2 aliphatic heterocycles. The molecule has 1 atom stereocenters. The van der Waals surface area contributed by atoms with E-state index in [1.807, 2.05) is 47.4 Å². The van der Waals surface area contributed by atoms with E-state index in [1.165, 1.54) is 34.0 Å². The summed E-state index contributed by atoms with van der Waals surface area (Å²) in [7, 11) is 0. The Balaban J connectivity index is 1.31. The van der Waals surface area contributed by atoms with Gasteiger partial charge in [0.15, 0.2) is 5.17 Å². The Bertz CT molecular complexity index is 1620. The lowest BCUT2D eigenvalue weighted by Crippen LogP contribution is -2.48. The van der Waals surface area contributed by atoms with Crippen molar-refractivity contribution in [2.24, 2.45) is 4.99 Å². The topological polar surface area (TPSA) is 51.7 Å². The highest BCUT2D eigenvalue weighted by molar-refractivity contribution is 8.18. The van der Waals surface area contributed by atoms with Crippen molar-refractivity contribution in [3.8, 4) is 0 Å². The van der Waals surface area contributed by atoms with Crippen molar-refractivity contribution in [2.45, 2.75) is 52.0 Å². The third kappa shape index (κ3) is 4.97. The number of benzene rings is 3. The molecular formula is C34H36N4OS. The fraction of sp³-hybridized carbons (Fsp3) is 0.294. The number of aromatic nitrogens is 1. The van der Waals surface area contributed by atoms with Gasteiger partial charge in [-0.2, -0.15) is 0 Å². The molecule has 3 heterocycles. The summed E-state index contributed by atoms with van der Waals surface area (Å²) in [5, 5.41) is 1.93. The molecule has 3 aromatic carbocycles. The number of para-hydroxylation sites is 2. The van der Waals surface area contributed by atoms with Gasteiger partial charge >= 0.3 is 0 Å². The SMILES string of the molecule is CCN1c2ccc(/C=C3/SC(=Nc4ccccc4)N(CCc4c[nH]c5ccccc45)C3=O)cc2C(C)CC1(C)C. The predicted molar refractivity (Wildman–Crippen MR) is 169 cm³/mol. The molecule has 1 aromatic heterocycles. The molecule has 1 N–H and O–H groups in total. The molecule has 0 radical (unpaired) electrons. The average molecular weight is 549 g/mol.